The van der Waals surface area contributed by atoms with Crippen LogP contribution in [0, 0.1) is 0 Å². The van der Waals surface area contributed by atoms with Crippen molar-refractivity contribution in [3.8, 4) is 0 Å². The average Bonchev–Trinajstić information content (AvgIpc) is 3.16. The van der Waals surface area contributed by atoms with Crippen molar-refractivity contribution >= 4 is 46.2 Å². The number of aliphatic hydroxyl groups is 1. The molecule has 9 heteroatoms. The Bertz CT molecular complexity index is 956. The normalized spacial score (nSPS) is 19.3. The van der Waals surface area contributed by atoms with Crippen LogP contribution in [0.3, 0.4) is 0 Å². The van der Waals surface area contributed by atoms with Gasteiger partial charge < -0.3 is 10.2 Å². The number of aliphatic carboxylic acids is 1. The predicted octanol–water partition coefficient (Wildman–Crippen LogP) is 4.62. The highest BCUT2D eigenvalue weighted by Gasteiger charge is 2.36. The molecule has 5 nitrogen and oxygen atoms in total. The van der Waals surface area contributed by atoms with Gasteiger partial charge in [0, 0.05) is 34.2 Å². The van der Waals surface area contributed by atoms with Crippen LogP contribution in [0.5, 0.6) is 0 Å². The van der Waals surface area contributed by atoms with Crippen LogP contribution < -0.4 is 0 Å². The third kappa shape index (κ3) is 3.10. The topological polar surface area (TPSA) is 87.0 Å². The number of fused-ring (bicyclic) bond motifs is 1. The van der Waals surface area contributed by atoms with E-state index in [0.29, 0.717) is 17.0 Å². The number of alkyl halides is 2. The van der Waals surface area contributed by atoms with Gasteiger partial charge in [-0.2, -0.15) is 0 Å². The quantitative estimate of drug-likeness (QED) is 0.571. The van der Waals surface area contributed by atoms with Crippen LogP contribution in [-0.4, -0.2) is 27.7 Å². The number of halogens is 3. The molecule has 0 fully saturated rings. The van der Waals surface area contributed by atoms with Gasteiger partial charge in [0.1, 0.15) is 5.76 Å². The fourth-order valence-corrected chi connectivity index (χ4v) is 3.96. The average molecular weight is 400 g/mol. The van der Waals surface area contributed by atoms with Crippen LogP contribution in [0.1, 0.15) is 36.6 Å². The van der Waals surface area contributed by atoms with Crippen molar-refractivity contribution < 1.29 is 28.6 Å². The van der Waals surface area contributed by atoms with Crippen molar-refractivity contribution in [3.63, 3.8) is 0 Å². The number of thiophene rings is 1. The number of allylic oxidation sites excluding steroid dienone is 4. The first-order valence-corrected chi connectivity index (χ1v) is 8.69. The Labute approximate surface area is 155 Å². The maximum Gasteiger partial charge on any atom is 0.307 e. The molecule has 1 aromatic heterocycles. The van der Waals surface area contributed by atoms with Crippen molar-refractivity contribution in [2.24, 2.45) is 4.99 Å². The van der Waals surface area contributed by atoms with E-state index in [4.69, 9.17) is 16.7 Å². The lowest BCUT2D eigenvalue weighted by Crippen LogP contribution is -2.21. The summed E-state index contributed by atoms with van der Waals surface area (Å²) in [5.74, 6) is -2.18. The second-order valence-corrected chi connectivity index (χ2v) is 7.07. The number of ketones is 1. The molecule has 1 aliphatic heterocycles. The number of nitrogens with zero attached hydrogens (tertiary/aromatic N) is 1. The summed E-state index contributed by atoms with van der Waals surface area (Å²) in [5, 5.41) is 20.5. The Morgan fingerprint density at radius 1 is 1.42 bits per heavy atom. The predicted molar refractivity (Wildman–Crippen MR) is 93.7 cm³/mol. The number of hydrogen-bond acceptors (Lipinski definition) is 5. The van der Waals surface area contributed by atoms with Gasteiger partial charge in [-0.15, -0.1) is 11.3 Å². The molecule has 0 atom stereocenters. The Balaban J connectivity index is 2.04. The standard InChI is InChI=1S/C17H12ClF2NO4S/c1-6-8(4-12(22)23)13-10(21-6)3-9(16(25)14(13)18)15(24)7-2-11(17(19)20)26-5-7/h2,5,17,24H,3-4H2,1H3,(H,22,23). The zero-order valence-electron chi connectivity index (χ0n) is 13.3. The number of Topliss-reactive ketones (excluding diaryl/α,β-unsaturated/α-hetero) is 1. The monoisotopic (exact) mass is 399 g/mol. The van der Waals surface area contributed by atoms with Crippen molar-refractivity contribution in [2.75, 3.05) is 0 Å². The van der Waals surface area contributed by atoms with Gasteiger partial charge in [0.15, 0.2) is 0 Å². The molecule has 0 unspecified atom stereocenters. The van der Waals surface area contributed by atoms with Gasteiger partial charge in [0.05, 0.1) is 22.0 Å². The summed E-state index contributed by atoms with van der Waals surface area (Å²) in [4.78, 5) is 27.7. The number of aliphatic imine (C=N–C) groups is 1. The summed E-state index contributed by atoms with van der Waals surface area (Å²) in [6, 6.07) is 1.12. The van der Waals surface area contributed by atoms with Crippen LogP contribution >= 0.6 is 22.9 Å². The van der Waals surface area contributed by atoms with Gasteiger partial charge in [-0.1, -0.05) is 11.6 Å². The van der Waals surface area contributed by atoms with E-state index in [-0.39, 0.29) is 39.5 Å². The van der Waals surface area contributed by atoms with Crippen LogP contribution in [0.15, 0.2) is 43.9 Å². The Morgan fingerprint density at radius 2 is 2.12 bits per heavy atom. The molecular weight excluding hydrogens is 388 g/mol. The number of carboxylic acids is 1. The molecule has 2 N–H and O–H groups in total. The largest absolute Gasteiger partial charge is 0.507 e. The summed E-state index contributed by atoms with van der Waals surface area (Å²) in [6.45, 7) is 1.61. The van der Waals surface area contributed by atoms with E-state index in [9.17, 15) is 23.5 Å². The minimum atomic E-state index is -2.67. The first-order valence-electron chi connectivity index (χ1n) is 7.44. The first-order chi connectivity index (χ1) is 12.2. The molecule has 3 rings (SSSR count). The molecule has 136 valence electrons. The summed E-state index contributed by atoms with van der Waals surface area (Å²) >= 11 is 6.93. The Morgan fingerprint density at radius 3 is 2.69 bits per heavy atom. The number of carbonyl (C=O) groups excluding carboxylic acids is 1. The maximum atomic E-state index is 12.7. The van der Waals surface area contributed by atoms with Crippen molar-refractivity contribution in [1.82, 2.24) is 0 Å². The van der Waals surface area contributed by atoms with Crippen LogP contribution in [0.2, 0.25) is 0 Å². The molecule has 1 aliphatic carbocycles. The second-order valence-electron chi connectivity index (χ2n) is 5.75. The minimum Gasteiger partial charge on any atom is -0.507 e. The van der Waals surface area contributed by atoms with E-state index in [0.717, 1.165) is 17.4 Å². The van der Waals surface area contributed by atoms with Crippen LogP contribution in [0.4, 0.5) is 8.78 Å². The Kier molecular flexibility index (Phi) is 4.81. The van der Waals surface area contributed by atoms with Gasteiger partial charge in [-0.05, 0) is 18.6 Å². The molecule has 26 heavy (non-hydrogen) atoms. The molecule has 0 aromatic carbocycles. The van der Waals surface area contributed by atoms with Crippen molar-refractivity contribution in [1.29, 1.82) is 0 Å². The summed E-state index contributed by atoms with van der Waals surface area (Å²) < 4.78 is 25.5. The van der Waals surface area contributed by atoms with Gasteiger partial charge >= 0.3 is 5.97 Å². The molecule has 2 heterocycles. The molecule has 0 saturated heterocycles. The molecule has 0 amide bonds. The van der Waals surface area contributed by atoms with E-state index >= 15 is 0 Å². The molecule has 0 spiro atoms. The van der Waals surface area contributed by atoms with Crippen LogP contribution in [0.25, 0.3) is 5.76 Å². The summed E-state index contributed by atoms with van der Waals surface area (Å²) in [5.41, 5.74) is 1.52. The van der Waals surface area contributed by atoms with E-state index < -0.39 is 23.9 Å². The highest BCUT2D eigenvalue weighted by Crippen LogP contribution is 2.41. The van der Waals surface area contributed by atoms with Gasteiger partial charge in [-0.25, -0.2) is 8.78 Å². The van der Waals surface area contributed by atoms with Gasteiger partial charge in [0.2, 0.25) is 5.78 Å². The molecule has 0 radical (unpaired) electrons. The lowest BCUT2D eigenvalue weighted by Gasteiger charge is -2.19. The number of aliphatic hydroxyl groups excluding tert-OH is 1. The van der Waals surface area contributed by atoms with Gasteiger partial charge in [-0.3, -0.25) is 14.6 Å². The fraction of sp³-hybridized carbons (Fsp3) is 0.235. The smallest absolute Gasteiger partial charge is 0.307 e. The first kappa shape index (κ1) is 18.5. The zero-order valence-corrected chi connectivity index (χ0v) is 14.9. The number of rotatable bonds is 4. The number of carboxylic acid groups (broad SMARTS) is 1. The zero-order chi connectivity index (χ0) is 19.2. The van der Waals surface area contributed by atoms with Crippen molar-refractivity contribution in [2.45, 2.75) is 26.2 Å². The highest BCUT2D eigenvalue weighted by molar-refractivity contribution is 7.10. The molecule has 1 aromatic rings. The van der Waals surface area contributed by atoms with E-state index in [1.807, 2.05) is 0 Å². The summed E-state index contributed by atoms with van der Waals surface area (Å²) in [6.07, 6.45) is -3.06. The van der Waals surface area contributed by atoms with Crippen molar-refractivity contribution in [3.05, 3.63) is 49.3 Å². The van der Waals surface area contributed by atoms with Crippen LogP contribution in [-0.2, 0) is 9.59 Å². The molecule has 2 aliphatic rings. The molecule has 0 bridgehead atoms. The van der Waals surface area contributed by atoms with E-state index in [1.54, 1.807) is 6.92 Å². The van der Waals surface area contributed by atoms with E-state index in [2.05, 4.69) is 4.99 Å². The number of hydrogen-bond donors (Lipinski definition) is 2. The highest BCUT2D eigenvalue weighted by atomic mass is 35.5. The fourth-order valence-electron chi connectivity index (χ4n) is 2.89. The lowest BCUT2D eigenvalue weighted by molar-refractivity contribution is -0.136. The Hall–Kier alpha value is -2.32. The molecule has 0 saturated carbocycles. The minimum absolute atomic E-state index is 0.0551. The SMILES string of the molecule is CC1=C(CC(=O)O)C2=C(Cl)C(=O)C(=C(O)c3csc(C(F)F)c3)CC2=N1. The molecular formula is C17H12ClF2NO4S. The maximum absolute atomic E-state index is 12.7. The van der Waals surface area contributed by atoms with E-state index in [1.165, 1.54) is 5.38 Å². The lowest BCUT2D eigenvalue weighted by atomic mass is 9.86. The third-order valence-corrected chi connectivity index (χ3v) is 5.39. The summed E-state index contributed by atoms with van der Waals surface area (Å²) in [7, 11) is 0. The third-order valence-electron chi connectivity index (χ3n) is 4.09. The second kappa shape index (κ2) is 6.77. The van der Waals surface area contributed by atoms with Gasteiger partial charge in [0.25, 0.3) is 6.43 Å². The number of carbonyl (C=O) groups is 2.